The predicted octanol–water partition coefficient (Wildman–Crippen LogP) is 5.47. The lowest BCUT2D eigenvalue weighted by atomic mass is 9.85. The fraction of sp³-hybridized carbons (Fsp3) is 0.727. The molecule has 0 aromatic heterocycles. The summed E-state index contributed by atoms with van der Waals surface area (Å²) in [4.78, 5) is 39.1. The van der Waals surface area contributed by atoms with Crippen LogP contribution in [0.25, 0.3) is 0 Å². The molecule has 1 saturated carbocycles. The Hall–Kier alpha value is -2.45. The number of ether oxygens (including phenoxy) is 3. The van der Waals surface area contributed by atoms with Gasteiger partial charge in [-0.1, -0.05) is 83.2 Å². The lowest BCUT2D eigenvalue weighted by Gasteiger charge is -2.44. The maximum Gasteiger partial charge on any atom is 0.307 e. The van der Waals surface area contributed by atoms with E-state index in [1.165, 1.54) is 6.42 Å². The van der Waals surface area contributed by atoms with Gasteiger partial charge in [0.1, 0.15) is 12.2 Å². The molecule has 41 heavy (non-hydrogen) atoms. The van der Waals surface area contributed by atoms with Crippen molar-refractivity contribution in [2.75, 3.05) is 13.2 Å². The van der Waals surface area contributed by atoms with Crippen molar-refractivity contribution in [1.82, 2.24) is 10.6 Å². The summed E-state index contributed by atoms with van der Waals surface area (Å²) in [5, 5.41) is 6.09. The van der Waals surface area contributed by atoms with Gasteiger partial charge < -0.3 is 24.8 Å². The van der Waals surface area contributed by atoms with Gasteiger partial charge in [-0.15, -0.1) is 0 Å². The van der Waals surface area contributed by atoms with Gasteiger partial charge >= 0.3 is 5.97 Å². The van der Waals surface area contributed by atoms with Crippen LogP contribution in [0.2, 0.25) is 0 Å². The first-order valence-electron chi connectivity index (χ1n) is 15.6. The molecule has 0 radical (unpaired) electrons. The minimum atomic E-state index is -0.841. The van der Waals surface area contributed by atoms with Gasteiger partial charge in [-0.25, -0.2) is 0 Å². The molecule has 1 saturated heterocycles. The number of esters is 1. The molecule has 2 fully saturated rings. The zero-order valence-corrected chi connectivity index (χ0v) is 25.8. The number of benzene rings is 1. The third-order valence-electron chi connectivity index (χ3n) is 8.18. The number of hydrogen-bond acceptors (Lipinski definition) is 6. The van der Waals surface area contributed by atoms with Crippen molar-refractivity contribution >= 4 is 17.8 Å². The quantitative estimate of drug-likeness (QED) is 0.226. The van der Waals surface area contributed by atoms with E-state index in [1.54, 1.807) is 13.8 Å². The Labute approximate surface area is 246 Å². The van der Waals surface area contributed by atoms with Crippen molar-refractivity contribution in [2.45, 2.75) is 129 Å². The second-order valence-corrected chi connectivity index (χ2v) is 12.9. The van der Waals surface area contributed by atoms with E-state index in [1.807, 2.05) is 32.0 Å². The zero-order chi connectivity index (χ0) is 29.9. The number of amides is 2. The van der Waals surface area contributed by atoms with Gasteiger partial charge in [-0.3, -0.25) is 14.4 Å². The van der Waals surface area contributed by atoms with Crippen LogP contribution in [0.5, 0.6) is 0 Å². The van der Waals surface area contributed by atoms with Gasteiger partial charge in [-0.2, -0.15) is 0 Å². The van der Waals surface area contributed by atoms with Crippen LogP contribution in [-0.4, -0.2) is 55.0 Å². The highest BCUT2D eigenvalue weighted by Gasteiger charge is 2.45. The Balaban J connectivity index is 1.51. The summed E-state index contributed by atoms with van der Waals surface area (Å²) in [7, 11) is 0. The highest BCUT2D eigenvalue weighted by molar-refractivity contribution is 5.82. The fourth-order valence-electron chi connectivity index (χ4n) is 5.68. The SMILES string of the molecule is CCCCCCC(Cc1ccccc1)C(=O)N[C@H]1CCCC[C@@H]1OC(=O)CCNC(=O)C1OC(C)(C)OCC1(C)C. The van der Waals surface area contributed by atoms with Crippen LogP contribution in [-0.2, 0) is 35.0 Å². The Bertz CT molecular complexity index is 979. The Morgan fingerprint density at radius 2 is 1.76 bits per heavy atom. The standard InChI is InChI=1S/C33H52N2O6/c1-6-7-8-12-17-25(22-24-15-10-9-11-16-24)30(37)35-26-18-13-14-19-27(26)40-28(36)20-21-34-31(38)29-32(2,3)23-39-33(4,5)41-29/h9-11,15-16,25-27,29H,6-8,12-14,17-23H2,1-5H3,(H,34,38)(H,35,37)/t25?,26-,27-,29?/m0/s1. The van der Waals surface area contributed by atoms with Crippen molar-refractivity contribution in [2.24, 2.45) is 11.3 Å². The van der Waals surface area contributed by atoms with Crippen molar-refractivity contribution < 1.29 is 28.6 Å². The van der Waals surface area contributed by atoms with Crippen LogP contribution >= 0.6 is 0 Å². The number of carbonyl (C=O) groups is 3. The van der Waals surface area contributed by atoms with Crippen LogP contribution in [0.3, 0.4) is 0 Å². The Morgan fingerprint density at radius 3 is 2.49 bits per heavy atom. The first kappa shape index (κ1) is 33.1. The highest BCUT2D eigenvalue weighted by Crippen LogP contribution is 2.35. The van der Waals surface area contributed by atoms with Gasteiger partial charge in [-0.05, 0) is 51.5 Å². The second-order valence-electron chi connectivity index (χ2n) is 12.9. The molecule has 3 rings (SSSR count). The van der Waals surface area contributed by atoms with E-state index < -0.39 is 17.3 Å². The second kappa shape index (κ2) is 15.7. The third-order valence-corrected chi connectivity index (χ3v) is 8.18. The molecule has 1 aliphatic carbocycles. The maximum absolute atomic E-state index is 13.5. The monoisotopic (exact) mass is 572 g/mol. The molecule has 2 aliphatic rings. The number of carbonyl (C=O) groups excluding carboxylic acids is 3. The Kier molecular flexibility index (Phi) is 12.6. The number of hydrogen-bond donors (Lipinski definition) is 2. The summed E-state index contributed by atoms with van der Waals surface area (Å²) < 4.78 is 17.4. The van der Waals surface area contributed by atoms with Crippen molar-refractivity contribution in [3.05, 3.63) is 35.9 Å². The molecule has 8 nitrogen and oxygen atoms in total. The van der Waals surface area contributed by atoms with Crippen LogP contribution in [0.4, 0.5) is 0 Å². The number of nitrogens with one attached hydrogen (secondary N) is 2. The summed E-state index contributed by atoms with van der Waals surface area (Å²) in [6, 6.07) is 9.98. The van der Waals surface area contributed by atoms with Crippen molar-refractivity contribution in [3.8, 4) is 0 Å². The van der Waals surface area contributed by atoms with Gasteiger partial charge in [0.2, 0.25) is 11.8 Å². The van der Waals surface area contributed by atoms with E-state index >= 15 is 0 Å². The van der Waals surface area contributed by atoms with E-state index in [4.69, 9.17) is 14.2 Å². The van der Waals surface area contributed by atoms with Crippen LogP contribution in [0, 0.1) is 11.3 Å². The molecular formula is C33H52N2O6. The van der Waals surface area contributed by atoms with Gasteiger partial charge in [0.15, 0.2) is 5.79 Å². The first-order chi connectivity index (χ1) is 19.5. The molecule has 2 amide bonds. The molecule has 1 aromatic rings. The molecule has 1 aromatic carbocycles. The van der Waals surface area contributed by atoms with E-state index in [-0.39, 0.29) is 48.8 Å². The summed E-state index contributed by atoms with van der Waals surface area (Å²) >= 11 is 0. The summed E-state index contributed by atoms with van der Waals surface area (Å²) in [5.41, 5.74) is 0.678. The molecule has 2 unspecified atom stereocenters. The highest BCUT2D eigenvalue weighted by atomic mass is 16.7. The summed E-state index contributed by atoms with van der Waals surface area (Å²) in [6.45, 7) is 10.2. The lowest BCUT2D eigenvalue weighted by Crippen LogP contribution is -2.56. The van der Waals surface area contributed by atoms with E-state index in [0.29, 0.717) is 13.0 Å². The first-order valence-corrected chi connectivity index (χ1v) is 15.6. The largest absolute Gasteiger partial charge is 0.460 e. The predicted molar refractivity (Wildman–Crippen MR) is 159 cm³/mol. The molecule has 230 valence electrons. The minimum absolute atomic E-state index is 0.0487. The van der Waals surface area contributed by atoms with Crippen LogP contribution in [0.15, 0.2) is 30.3 Å². The Morgan fingerprint density at radius 1 is 1.02 bits per heavy atom. The van der Waals surface area contributed by atoms with Crippen molar-refractivity contribution in [3.63, 3.8) is 0 Å². The van der Waals surface area contributed by atoms with Crippen LogP contribution < -0.4 is 10.6 Å². The molecule has 0 bridgehead atoms. The van der Waals surface area contributed by atoms with Gasteiger partial charge in [0, 0.05) is 17.9 Å². The normalized spacial score (nSPS) is 24.2. The molecule has 1 heterocycles. The maximum atomic E-state index is 13.5. The van der Waals surface area contributed by atoms with E-state index in [0.717, 1.165) is 56.9 Å². The molecular weight excluding hydrogens is 520 g/mol. The molecule has 4 atom stereocenters. The van der Waals surface area contributed by atoms with Crippen LogP contribution in [0.1, 0.15) is 104 Å². The van der Waals surface area contributed by atoms with Gasteiger partial charge in [0.25, 0.3) is 0 Å². The lowest BCUT2D eigenvalue weighted by molar-refractivity contribution is -0.304. The fourth-order valence-corrected chi connectivity index (χ4v) is 5.68. The van der Waals surface area contributed by atoms with Crippen molar-refractivity contribution in [1.29, 1.82) is 0 Å². The topological polar surface area (TPSA) is 103 Å². The smallest absolute Gasteiger partial charge is 0.307 e. The molecule has 0 spiro atoms. The average Bonchev–Trinajstić information content (AvgIpc) is 2.93. The molecule has 2 N–H and O–H groups in total. The number of rotatable bonds is 14. The third kappa shape index (κ3) is 10.7. The van der Waals surface area contributed by atoms with Gasteiger partial charge in [0.05, 0.1) is 19.1 Å². The summed E-state index contributed by atoms with van der Waals surface area (Å²) in [5.74, 6) is -1.53. The van der Waals surface area contributed by atoms with E-state index in [2.05, 4.69) is 29.7 Å². The zero-order valence-electron chi connectivity index (χ0n) is 25.8. The summed E-state index contributed by atoms with van der Waals surface area (Å²) in [6.07, 6.45) is 8.55. The number of unbranched alkanes of at least 4 members (excludes halogenated alkanes) is 3. The van der Waals surface area contributed by atoms with E-state index in [9.17, 15) is 14.4 Å². The molecule has 1 aliphatic heterocycles. The average molecular weight is 573 g/mol. The minimum Gasteiger partial charge on any atom is -0.460 e. The molecule has 8 heteroatoms.